The number of rotatable bonds is 7. The summed E-state index contributed by atoms with van der Waals surface area (Å²) in [5.74, 6) is -0.0192. The normalized spacial score (nSPS) is 16.0. The van der Waals surface area contributed by atoms with E-state index in [0.717, 1.165) is 12.8 Å². The van der Waals surface area contributed by atoms with Crippen LogP contribution in [0.25, 0.3) is 0 Å². The summed E-state index contributed by atoms with van der Waals surface area (Å²) in [4.78, 5) is 36.9. The van der Waals surface area contributed by atoms with E-state index >= 15 is 0 Å². The second-order valence-electron chi connectivity index (χ2n) is 6.50. The molecule has 1 aromatic heterocycles. The van der Waals surface area contributed by atoms with Gasteiger partial charge in [0.05, 0.1) is 11.0 Å². The average molecular weight is 388 g/mol. The van der Waals surface area contributed by atoms with Crippen LogP contribution >= 0.6 is 0 Å². The minimum Gasteiger partial charge on any atom is -0.376 e. The maximum atomic E-state index is 12.9. The number of ether oxygens (including phenoxy) is 1. The first-order valence-corrected chi connectivity index (χ1v) is 8.81. The molecule has 3 rings (SSSR count). The van der Waals surface area contributed by atoms with Crippen LogP contribution in [0.4, 0.5) is 11.5 Å². The first kappa shape index (κ1) is 19.5. The van der Waals surface area contributed by atoms with Crippen LogP contribution in [-0.2, 0) is 9.53 Å². The van der Waals surface area contributed by atoms with Crippen LogP contribution in [0, 0.1) is 17.0 Å². The summed E-state index contributed by atoms with van der Waals surface area (Å²) in [7, 11) is 0. The molecule has 2 aromatic rings. The van der Waals surface area contributed by atoms with Gasteiger partial charge in [0.2, 0.25) is 5.91 Å². The lowest BCUT2D eigenvalue weighted by molar-refractivity contribution is -0.384. The molecule has 2 amide bonds. The second kappa shape index (κ2) is 8.61. The summed E-state index contributed by atoms with van der Waals surface area (Å²) in [5, 5.41) is 17.1. The Morgan fingerprint density at radius 3 is 2.68 bits per heavy atom. The topological polar surface area (TPSA) is 128 Å². The molecule has 148 valence electrons. The van der Waals surface area contributed by atoms with Gasteiger partial charge >= 0.3 is 0 Å². The molecule has 10 heteroatoms. The van der Waals surface area contributed by atoms with E-state index in [4.69, 9.17) is 9.26 Å². The fraction of sp³-hybridized carbons (Fsp3) is 0.389. The summed E-state index contributed by atoms with van der Waals surface area (Å²) in [6.45, 7) is 2.36. The lowest BCUT2D eigenvalue weighted by Gasteiger charge is -2.25. The van der Waals surface area contributed by atoms with Gasteiger partial charge in [0.25, 0.3) is 11.6 Å². The lowest BCUT2D eigenvalue weighted by Crippen LogP contribution is -2.42. The Balaban J connectivity index is 1.72. The van der Waals surface area contributed by atoms with E-state index in [9.17, 15) is 19.7 Å². The molecule has 1 atom stereocenters. The highest BCUT2D eigenvalue weighted by atomic mass is 16.6. The van der Waals surface area contributed by atoms with E-state index in [1.807, 2.05) is 0 Å². The van der Waals surface area contributed by atoms with Crippen molar-refractivity contribution >= 4 is 23.3 Å². The van der Waals surface area contributed by atoms with E-state index < -0.39 is 16.7 Å². The number of non-ortho nitro benzene ring substituents is 1. The van der Waals surface area contributed by atoms with Crippen molar-refractivity contribution in [3.8, 4) is 0 Å². The fourth-order valence-corrected chi connectivity index (χ4v) is 2.94. The molecule has 1 saturated heterocycles. The predicted molar refractivity (Wildman–Crippen MR) is 97.8 cm³/mol. The van der Waals surface area contributed by atoms with Crippen molar-refractivity contribution in [2.24, 2.45) is 0 Å². The van der Waals surface area contributed by atoms with Crippen molar-refractivity contribution in [2.45, 2.75) is 25.9 Å². The van der Waals surface area contributed by atoms with Crippen LogP contribution in [-0.4, -0.2) is 52.6 Å². The van der Waals surface area contributed by atoms with E-state index in [-0.39, 0.29) is 36.3 Å². The van der Waals surface area contributed by atoms with Gasteiger partial charge < -0.3 is 19.5 Å². The van der Waals surface area contributed by atoms with Crippen molar-refractivity contribution in [1.82, 2.24) is 10.1 Å². The van der Waals surface area contributed by atoms with Crippen molar-refractivity contribution in [1.29, 1.82) is 0 Å². The number of nitro benzene ring substituents is 1. The largest absolute Gasteiger partial charge is 0.376 e. The average Bonchev–Trinajstić information content (AvgIpc) is 3.32. The minimum atomic E-state index is -0.536. The maximum Gasteiger partial charge on any atom is 0.269 e. The molecule has 0 radical (unpaired) electrons. The van der Waals surface area contributed by atoms with Crippen LogP contribution in [0.2, 0.25) is 0 Å². The number of hydrogen-bond donors (Lipinski definition) is 1. The molecule has 0 saturated carbocycles. The first-order valence-electron chi connectivity index (χ1n) is 8.81. The molecule has 1 fully saturated rings. The Bertz CT molecular complexity index is 857. The molecule has 2 heterocycles. The number of carbonyl (C=O) groups is 2. The highest BCUT2D eigenvalue weighted by Crippen LogP contribution is 2.17. The van der Waals surface area contributed by atoms with Gasteiger partial charge in [0.15, 0.2) is 5.82 Å². The molecule has 1 unspecified atom stereocenters. The van der Waals surface area contributed by atoms with Crippen molar-refractivity contribution < 1.29 is 23.8 Å². The van der Waals surface area contributed by atoms with Crippen molar-refractivity contribution in [2.75, 3.05) is 25.0 Å². The third kappa shape index (κ3) is 4.92. The summed E-state index contributed by atoms with van der Waals surface area (Å²) in [6.07, 6.45) is 1.55. The standard InChI is InChI=1S/C18H20N4O6/c1-12-9-16(20-28-12)19-17(23)11-21(10-15-3-2-8-27-15)18(24)13-4-6-14(7-5-13)22(25)26/h4-7,9,15H,2-3,8,10-11H2,1H3,(H,19,20,23). The van der Waals surface area contributed by atoms with Crippen LogP contribution in [0.1, 0.15) is 29.0 Å². The molecule has 1 aromatic carbocycles. The Hall–Kier alpha value is -3.27. The second-order valence-corrected chi connectivity index (χ2v) is 6.50. The van der Waals surface area contributed by atoms with Gasteiger partial charge in [-0.3, -0.25) is 19.7 Å². The fourth-order valence-electron chi connectivity index (χ4n) is 2.94. The van der Waals surface area contributed by atoms with Gasteiger partial charge in [0, 0.05) is 36.9 Å². The summed E-state index contributed by atoms with van der Waals surface area (Å²) < 4.78 is 10.5. The molecule has 0 spiro atoms. The number of anilines is 1. The molecule has 1 aliphatic rings. The van der Waals surface area contributed by atoms with Crippen LogP contribution < -0.4 is 5.32 Å². The number of amides is 2. The number of aryl methyl sites for hydroxylation is 1. The SMILES string of the molecule is Cc1cc(NC(=O)CN(CC2CCCO2)C(=O)c2ccc([N+](=O)[O-])cc2)no1. The third-order valence-corrected chi connectivity index (χ3v) is 4.29. The number of nitrogens with one attached hydrogen (secondary N) is 1. The molecule has 1 N–H and O–H groups in total. The molecule has 28 heavy (non-hydrogen) atoms. The molecule has 1 aliphatic heterocycles. The van der Waals surface area contributed by atoms with E-state index in [1.54, 1.807) is 13.0 Å². The highest BCUT2D eigenvalue weighted by molar-refractivity contribution is 5.99. The number of nitro groups is 1. The summed E-state index contributed by atoms with van der Waals surface area (Å²) >= 11 is 0. The number of aromatic nitrogens is 1. The molecule has 0 bridgehead atoms. The Labute approximate surface area is 160 Å². The Morgan fingerprint density at radius 2 is 2.11 bits per heavy atom. The Kier molecular flexibility index (Phi) is 5.99. The van der Waals surface area contributed by atoms with Gasteiger partial charge in [-0.05, 0) is 31.9 Å². The predicted octanol–water partition coefficient (Wildman–Crippen LogP) is 2.15. The van der Waals surface area contributed by atoms with E-state index in [2.05, 4.69) is 10.5 Å². The zero-order valence-electron chi connectivity index (χ0n) is 15.3. The molecular formula is C18H20N4O6. The molecule has 10 nitrogen and oxygen atoms in total. The number of hydrogen-bond acceptors (Lipinski definition) is 7. The van der Waals surface area contributed by atoms with E-state index in [0.29, 0.717) is 12.4 Å². The molecular weight excluding hydrogens is 368 g/mol. The maximum absolute atomic E-state index is 12.9. The van der Waals surface area contributed by atoms with Gasteiger partial charge in [-0.15, -0.1) is 0 Å². The lowest BCUT2D eigenvalue weighted by atomic mass is 10.1. The van der Waals surface area contributed by atoms with Crippen LogP contribution in [0.5, 0.6) is 0 Å². The van der Waals surface area contributed by atoms with E-state index in [1.165, 1.54) is 29.2 Å². The van der Waals surface area contributed by atoms with Crippen molar-refractivity contribution in [3.63, 3.8) is 0 Å². The highest BCUT2D eigenvalue weighted by Gasteiger charge is 2.26. The Morgan fingerprint density at radius 1 is 1.36 bits per heavy atom. The smallest absolute Gasteiger partial charge is 0.269 e. The number of carbonyl (C=O) groups excluding carboxylic acids is 2. The van der Waals surface area contributed by atoms with Gasteiger partial charge in [0.1, 0.15) is 12.3 Å². The zero-order valence-corrected chi connectivity index (χ0v) is 15.3. The monoisotopic (exact) mass is 388 g/mol. The zero-order chi connectivity index (χ0) is 20.1. The number of benzene rings is 1. The quantitative estimate of drug-likeness (QED) is 0.568. The first-order chi connectivity index (χ1) is 13.4. The minimum absolute atomic E-state index is 0.110. The van der Waals surface area contributed by atoms with Crippen molar-refractivity contribution in [3.05, 3.63) is 51.8 Å². The third-order valence-electron chi connectivity index (χ3n) is 4.29. The van der Waals surface area contributed by atoms with Gasteiger partial charge in [-0.2, -0.15) is 0 Å². The van der Waals surface area contributed by atoms with Crippen LogP contribution in [0.3, 0.4) is 0 Å². The van der Waals surface area contributed by atoms with Crippen LogP contribution in [0.15, 0.2) is 34.9 Å². The van der Waals surface area contributed by atoms with Gasteiger partial charge in [-0.25, -0.2) is 0 Å². The molecule has 0 aliphatic carbocycles. The van der Waals surface area contributed by atoms with Gasteiger partial charge in [-0.1, -0.05) is 5.16 Å². The summed E-state index contributed by atoms with van der Waals surface area (Å²) in [5.41, 5.74) is 0.148. The summed E-state index contributed by atoms with van der Waals surface area (Å²) in [6, 6.07) is 6.84. The number of nitrogens with zero attached hydrogens (tertiary/aromatic N) is 3.